The van der Waals surface area contributed by atoms with Gasteiger partial charge in [0.05, 0.1) is 15.2 Å². The molecule has 45 heavy (non-hydrogen) atoms. The molecule has 2 N–H and O–H groups in total. The molecule has 5 aromatic rings. The number of halogens is 3. The molecule has 0 bridgehead atoms. The highest BCUT2D eigenvalue weighted by molar-refractivity contribution is 9.11. The van der Waals surface area contributed by atoms with Crippen molar-refractivity contribution < 1.29 is 23.5 Å². The van der Waals surface area contributed by atoms with Gasteiger partial charge in [0.2, 0.25) is 0 Å². The lowest BCUT2D eigenvalue weighted by Gasteiger charge is -2.11. The Morgan fingerprint density at radius 1 is 0.911 bits per heavy atom. The number of hydrogen-bond acceptors (Lipinski definition) is 6. The number of carbonyl (C=O) groups is 2. The number of ether oxygens (including phenoxy) is 2. The van der Waals surface area contributed by atoms with Crippen molar-refractivity contribution in [2.45, 2.75) is 20.5 Å². The van der Waals surface area contributed by atoms with E-state index in [-0.39, 0.29) is 24.9 Å². The number of hydrazone groups is 1. The van der Waals surface area contributed by atoms with Crippen LogP contribution in [0.5, 0.6) is 11.5 Å². The highest BCUT2D eigenvalue weighted by atomic mass is 79.9. The van der Waals surface area contributed by atoms with Crippen LogP contribution < -0.4 is 20.2 Å². The fraction of sp³-hybridized carbons (Fsp3) is 0.121. The maximum atomic E-state index is 12.6. The normalized spacial score (nSPS) is 11.0. The zero-order chi connectivity index (χ0) is 31.9. The number of carbonyl (C=O) groups excluding carboxylic acids is 2. The van der Waals surface area contributed by atoms with E-state index in [1.54, 1.807) is 48.5 Å². The van der Waals surface area contributed by atoms with Gasteiger partial charge < -0.3 is 23.8 Å². The van der Waals surface area contributed by atoms with E-state index in [1.165, 1.54) is 6.21 Å². The predicted octanol–water partition coefficient (Wildman–Crippen LogP) is 8.23. The summed E-state index contributed by atoms with van der Waals surface area (Å²) >= 11 is 12.8. The van der Waals surface area contributed by atoms with Crippen LogP contribution in [0.15, 0.2) is 103 Å². The fourth-order valence-electron chi connectivity index (χ4n) is 4.38. The Morgan fingerprint density at radius 2 is 1.58 bits per heavy atom. The summed E-state index contributed by atoms with van der Waals surface area (Å²) in [5, 5.41) is 7.34. The van der Waals surface area contributed by atoms with E-state index in [2.05, 4.69) is 78.3 Å². The second kappa shape index (κ2) is 14.6. The Balaban J connectivity index is 1.10. The van der Waals surface area contributed by atoms with Gasteiger partial charge >= 0.3 is 5.91 Å². The largest absolute Gasteiger partial charge is 0.486 e. The topological polar surface area (TPSA) is 107 Å². The quantitative estimate of drug-likeness (QED) is 0.104. The molecule has 0 saturated heterocycles. The lowest BCUT2D eigenvalue weighted by atomic mass is 10.2. The minimum Gasteiger partial charge on any atom is -0.486 e. The van der Waals surface area contributed by atoms with Gasteiger partial charge in [-0.05, 0) is 136 Å². The van der Waals surface area contributed by atoms with E-state index in [4.69, 9.17) is 25.5 Å². The summed E-state index contributed by atoms with van der Waals surface area (Å²) in [6.07, 6.45) is 1.47. The first-order valence-corrected chi connectivity index (χ1v) is 15.6. The number of anilines is 1. The summed E-state index contributed by atoms with van der Waals surface area (Å²) in [5.41, 5.74) is 7.09. The van der Waals surface area contributed by atoms with Crippen LogP contribution in [0.3, 0.4) is 0 Å². The van der Waals surface area contributed by atoms with Crippen molar-refractivity contribution in [2.75, 3.05) is 11.9 Å². The van der Waals surface area contributed by atoms with Crippen molar-refractivity contribution >= 4 is 67.2 Å². The third-order valence-corrected chi connectivity index (χ3v) is 7.94. The molecule has 0 unspecified atom stereocenters. The number of benzene rings is 3. The standard InChI is InChI=1S/C33H27Br2ClN4O5/c1-20-3-4-21(2)40(20)25-9-11-26(12-10-25)43-18-27-13-14-30(45-27)33(42)39-37-17-22-15-28(34)32(29(35)16-22)44-19-31(41)38-24-7-5-23(36)6-8-24/h3-17H,18-19H2,1-2H3,(H,38,41)(H,39,42)/b37-17+. The molecule has 0 fully saturated rings. The molecule has 0 saturated carbocycles. The van der Waals surface area contributed by atoms with Crippen molar-refractivity contribution in [1.82, 2.24) is 9.99 Å². The summed E-state index contributed by atoms with van der Waals surface area (Å²) in [5.74, 6) is 0.880. The SMILES string of the molecule is Cc1ccc(C)n1-c1ccc(OCc2ccc(C(=O)N/N=C/c3cc(Br)c(OCC(=O)Nc4ccc(Cl)cc4)c(Br)c3)o2)cc1. The van der Waals surface area contributed by atoms with E-state index >= 15 is 0 Å². The van der Waals surface area contributed by atoms with Gasteiger partial charge in [-0.3, -0.25) is 9.59 Å². The predicted molar refractivity (Wildman–Crippen MR) is 181 cm³/mol. The molecular formula is C33H27Br2ClN4O5. The molecule has 2 heterocycles. The molecule has 2 amide bonds. The zero-order valence-corrected chi connectivity index (χ0v) is 28.1. The number of nitrogens with one attached hydrogen (secondary N) is 2. The molecule has 0 aliphatic carbocycles. The van der Waals surface area contributed by atoms with Gasteiger partial charge in [-0.15, -0.1) is 0 Å². The molecule has 0 spiro atoms. The molecule has 0 aliphatic rings. The zero-order valence-electron chi connectivity index (χ0n) is 24.1. The van der Waals surface area contributed by atoms with E-state index in [0.717, 1.165) is 17.1 Å². The Hall–Kier alpha value is -4.32. The fourth-order valence-corrected chi connectivity index (χ4v) is 5.96. The molecule has 0 radical (unpaired) electrons. The first-order valence-electron chi connectivity index (χ1n) is 13.6. The van der Waals surface area contributed by atoms with Crippen LogP contribution in [0.1, 0.15) is 33.3 Å². The minimum absolute atomic E-state index is 0.0997. The number of furan rings is 1. The van der Waals surface area contributed by atoms with Crippen molar-refractivity contribution in [3.8, 4) is 17.2 Å². The van der Waals surface area contributed by atoms with Crippen molar-refractivity contribution in [3.05, 3.63) is 127 Å². The van der Waals surface area contributed by atoms with Crippen LogP contribution in [0.2, 0.25) is 5.02 Å². The van der Waals surface area contributed by atoms with Crippen LogP contribution in [0.4, 0.5) is 5.69 Å². The van der Waals surface area contributed by atoms with Crippen LogP contribution in [-0.4, -0.2) is 29.2 Å². The molecule has 9 nitrogen and oxygen atoms in total. The number of nitrogens with zero attached hydrogens (tertiary/aromatic N) is 2. The lowest BCUT2D eigenvalue weighted by molar-refractivity contribution is -0.118. The molecule has 3 aromatic carbocycles. The van der Waals surface area contributed by atoms with Gasteiger partial charge in [-0.1, -0.05) is 11.6 Å². The first-order chi connectivity index (χ1) is 21.7. The van der Waals surface area contributed by atoms with E-state index < -0.39 is 5.91 Å². The van der Waals surface area contributed by atoms with Gasteiger partial charge in [0.1, 0.15) is 23.9 Å². The third kappa shape index (κ3) is 8.44. The highest BCUT2D eigenvalue weighted by Gasteiger charge is 2.13. The molecule has 0 atom stereocenters. The minimum atomic E-state index is -0.510. The Labute approximate surface area is 281 Å². The number of hydrogen-bond donors (Lipinski definition) is 2. The van der Waals surface area contributed by atoms with Crippen LogP contribution in [0, 0.1) is 13.8 Å². The Kier molecular flexibility index (Phi) is 10.4. The third-order valence-electron chi connectivity index (χ3n) is 6.51. The van der Waals surface area contributed by atoms with Crippen molar-refractivity contribution in [1.29, 1.82) is 0 Å². The molecule has 2 aromatic heterocycles. The molecule has 12 heteroatoms. The lowest BCUT2D eigenvalue weighted by Crippen LogP contribution is -2.20. The number of amides is 2. The van der Waals surface area contributed by atoms with Gasteiger partial charge in [0.15, 0.2) is 12.4 Å². The Bertz CT molecular complexity index is 1810. The van der Waals surface area contributed by atoms with Gasteiger partial charge in [-0.2, -0.15) is 5.10 Å². The summed E-state index contributed by atoms with van der Waals surface area (Å²) in [7, 11) is 0. The van der Waals surface area contributed by atoms with E-state index in [9.17, 15) is 9.59 Å². The summed E-state index contributed by atoms with van der Waals surface area (Å²) < 4.78 is 20.5. The second-order valence-electron chi connectivity index (χ2n) is 9.86. The van der Waals surface area contributed by atoms with Gasteiger partial charge in [0.25, 0.3) is 5.91 Å². The summed E-state index contributed by atoms with van der Waals surface area (Å²) in [6.45, 7) is 4.08. The average molecular weight is 755 g/mol. The maximum absolute atomic E-state index is 12.6. The molecule has 5 rings (SSSR count). The number of aromatic nitrogens is 1. The van der Waals surface area contributed by atoms with Gasteiger partial charge in [-0.25, -0.2) is 5.43 Å². The van der Waals surface area contributed by atoms with Crippen LogP contribution >= 0.6 is 43.5 Å². The van der Waals surface area contributed by atoms with Crippen LogP contribution in [-0.2, 0) is 11.4 Å². The van der Waals surface area contributed by atoms with Crippen molar-refractivity contribution in [2.24, 2.45) is 5.10 Å². The number of rotatable bonds is 11. The Morgan fingerprint density at radius 3 is 2.24 bits per heavy atom. The smallest absolute Gasteiger partial charge is 0.307 e. The maximum Gasteiger partial charge on any atom is 0.307 e. The molecular weight excluding hydrogens is 728 g/mol. The van der Waals surface area contributed by atoms with Gasteiger partial charge in [0, 0.05) is 27.8 Å². The monoisotopic (exact) mass is 752 g/mol. The van der Waals surface area contributed by atoms with E-state index in [1.807, 2.05) is 24.3 Å². The molecule has 230 valence electrons. The number of aryl methyl sites for hydroxylation is 2. The summed E-state index contributed by atoms with van der Waals surface area (Å²) in [4.78, 5) is 24.8. The molecule has 0 aliphatic heterocycles. The van der Waals surface area contributed by atoms with Crippen molar-refractivity contribution in [3.63, 3.8) is 0 Å². The second-order valence-corrected chi connectivity index (χ2v) is 12.0. The van der Waals surface area contributed by atoms with E-state index in [0.29, 0.717) is 42.5 Å². The highest BCUT2D eigenvalue weighted by Crippen LogP contribution is 2.34. The summed E-state index contributed by atoms with van der Waals surface area (Å²) in [6, 6.07) is 25.4. The van der Waals surface area contributed by atoms with Crippen LogP contribution in [0.25, 0.3) is 5.69 Å². The first kappa shape index (κ1) is 32.1. The average Bonchev–Trinajstić information content (AvgIpc) is 3.63.